The molecular formula is C24H27N3O3S. The average molecular weight is 438 g/mol. The molecule has 0 spiro atoms. The van der Waals surface area contributed by atoms with E-state index in [1.165, 1.54) is 6.26 Å². The van der Waals surface area contributed by atoms with E-state index in [1.807, 2.05) is 44.2 Å². The first-order valence-corrected chi connectivity index (χ1v) is 12.2. The molecule has 0 aliphatic carbocycles. The molecule has 2 heterocycles. The number of pyridine rings is 1. The lowest BCUT2D eigenvalue weighted by atomic mass is 9.97. The molecule has 162 valence electrons. The third-order valence-corrected chi connectivity index (χ3v) is 6.63. The van der Waals surface area contributed by atoms with Crippen LogP contribution in [0.3, 0.4) is 0 Å². The first-order valence-electron chi connectivity index (χ1n) is 10.2. The summed E-state index contributed by atoms with van der Waals surface area (Å²) < 4.78 is 32.7. The molecule has 7 heteroatoms. The molecule has 2 aromatic carbocycles. The van der Waals surface area contributed by atoms with Gasteiger partial charge in [-0.2, -0.15) is 0 Å². The topological polar surface area (TPSA) is 98.3 Å². The van der Waals surface area contributed by atoms with E-state index in [0.29, 0.717) is 23.1 Å². The first kappa shape index (κ1) is 21.2. The second kappa shape index (κ2) is 8.23. The van der Waals surface area contributed by atoms with Crippen LogP contribution in [0.1, 0.15) is 36.1 Å². The van der Waals surface area contributed by atoms with Gasteiger partial charge in [0.25, 0.3) is 0 Å². The molecule has 2 bridgehead atoms. The number of nitrogens with zero attached hydrogens (tertiary/aromatic N) is 1. The molecule has 0 saturated heterocycles. The van der Waals surface area contributed by atoms with E-state index in [4.69, 9.17) is 20.0 Å². The summed E-state index contributed by atoms with van der Waals surface area (Å²) in [5, 5.41) is 0. The van der Waals surface area contributed by atoms with Crippen molar-refractivity contribution in [2.75, 3.05) is 18.6 Å². The molecule has 1 unspecified atom stereocenters. The molecule has 0 amide bonds. The molecule has 3 aromatic rings. The lowest BCUT2D eigenvalue weighted by Gasteiger charge is -2.20. The van der Waals surface area contributed by atoms with Crippen LogP contribution in [0.15, 0.2) is 53.6 Å². The van der Waals surface area contributed by atoms with E-state index >= 15 is 0 Å². The minimum atomic E-state index is -2.84. The minimum Gasteiger partial charge on any atom is -0.493 e. The number of hydrogen-bond acceptors (Lipinski definition) is 6. The lowest BCUT2D eigenvalue weighted by Crippen LogP contribution is -2.09. The number of nitrogens with one attached hydrogen (secondary N) is 1. The number of hydrogen-bond donors (Lipinski definition) is 2. The van der Waals surface area contributed by atoms with Crippen molar-refractivity contribution in [2.45, 2.75) is 37.7 Å². The second-order valence-electron chi connectivity index (χ2n) is 8.02. The zero-order chi connectivity index (χ0) is 22.2. The normalized spacial score (nSPS) is 18.0. The molecule has 3 N–H and O–H groups in total. The van der Waals surface area contributed by atoms with Crippen LogP contribution in [0.5, 0.6) is 11.5 Å². The summed E-state index contributed by atoms with van der Waals surface area (Å²) >= 11 is 0. The number of benzene rings is 2. The molecule has 4 rings (SSSR count). The van der Waals surface area contributed by atoms with Gasteiger partial charge in [0.2, 0.25) is 0 Å². The standard InChI is InChI=1S/C24H27N3O3S/c1-15-6-9-22-20(11-15)16(2)30-23-12-18(14-27-24(23)25)21-13-19(31(3,26)28)8-7-17(21)5-4-10-29-22/h6-9,11-14,16,26H,4-5,10H2,1-3H3,(H2,25,27)/t16-,31?/m1/s1. The number of nitrogens with two attached hydrogens (primary N) is 1. The fraction of sp³-hybridized carbons (Fsp3) is 0.292. The van der Waals surface area contributed by atoms with Crippen molar-refractivity contribution in [1.29, 1.82) is 4.78 Å². The fourth-order valence-corrected chi connectivity index (χ4v) is 4.47. The lowest BCUT2D eigenvalue weighted by molar-refractivity contribution is 0.217. The molecule has 1 aromatic heterocycles. The average Bonchev–Trinajstić information content (AvgIpc) is 2.73. The highest BCUT2D eigenvalue weighted by Gasteiger charge is 2.19. The Bertz CT molecular complexity index is 1240. The molecule has 0 saturated carbocycles. The number of anilines is 1. The van der Waals surface area contributed by atoms with Gasteiger partial charge in [-0.3, -0.25) is 0 Å². The molecule has 1 aliphatic rings. The summed E-state index contributed by atoms with van der Waals surface area (Å²) in [5.41, 5.74) is 11.0. The predicted molar refractivity (Wildman–Crippen MR) is 123 cm³/mol. The summed E-state index contributed by atoms with van der Waals surface area (Å²) in [7, 11) is -2.84. The highest BCUT2D eigenvalue weighted by Crippen LogP contribution is 2.36. The Hall–Kier alpha value is -3.06. The summed E-state index contributed by atoms with van der Waals surface area (Å²) in [6, 6.07) is 13.5. The van der Waals surface area contributed by atoms with Crippen molar-refractivity contribution in [2.24, 2.45) is 0 Å². The Morgan fingerprint density at radius 2 is 1.97 bits per heavy atom. The van der Waals surface area contributed by atoms with Crippen molar-refractivity contribution >= 4 is 15.5 Å². The molecule has 31 heavy (non-hydrogen) atoms. The van der Waals surface area contributed by atoms with Crippen molar-refractivity contribution in [1.82, 2.24) is 4.98 Å². The maximum Gasteiger partial charge on any atom is 0.166 e. The predicted octanol–water partition coefficient (Wildman–Crippen LogP) is 5.14. The Morgan fingerprint density at radius 1 is 1.16 bits per heavy atom. The fourth-order valence-electron chi connectivity index (χ4n) is 3.80. The third kappa shape index (κ3) is 4.51. The van der Waals surface area contributed by atoms with E-state index < -0.39 is 9.73 Å². The van der Waals surface area contributed by atoms with Gasteiger partial charge < -0.3 is 15.2 Å². The Kier molecular flexibility index (Phi) is 5.62. The zero-order valence-electron chi connectivity index (χ0n) is 18.0. The minimum absolute atomic E-state index is 0.288. The van der Waals surface area contributed by atoms with Crippen LogP contribution < -0.4 is 15.2 Å². The van der Waals surface area contributed by atoms with Gasteiger partial charge in [0.1, 0.15) is 11.9 Å². The number of rotatable bonds is 1. The van der Waals surface area contributed by atoms with Crippen LogP contribution in [-0.4, -0.2) is 22.1 Å². The highest BCUT2D eigenvalue weighted by molar-refractivity contribution is 7.91. The third-order valence-electron chi connectivity index (χ3n) is 5.48. The molecule has 1 aliphatic heterocycles. The Labute approximate surface area is 183 Å². The van der Waals surface area contributed by atoms with Gasteiger partial charge in [-0.1, -0.05) is 17.7 Å². The van der Waals surface area contributed by atoms with Crippen LogP contribution in [0, 0.1) is 11.7 Å². The number of aryl methyl sites for hydroxylation is 2. The first-order chi connectivity index (χ1) is 14.7. The number of ether oxygens (including phenoxy) is 2. The summed E-state index contributed by atoms with van der Waals surface area (Å²) in [6.07, 6.45) is 4.43. The van der Waals surface area contributed by atoms with Gasteiger partial charge in [0.05, 0.1) is 16.3 Å². The highest BCUT2D eigenvalue weighted by atomic mass is 32.2. The number of nitrogen functional groups attached to an aromatic ring is 1. The van der Waals surface area contributed by atoms with Crippen molar-refractivity contribution in [3.05, 3.63) is 65.4 Å². The summed E-state index contributed by atoms with van der Waals surface area (Å²) in [6.45, 7) is 4.56. The quantitative estimate of drug-likeness (QED) is 0.549. The largest absolute Gasteiger partial charge is 0.493 e. The second-order valence-corrected chi connectivity index (χ2v) is 10.2. The molecule has 0 radical (unpaired) electrons. The van der Waals surface area contributed by atoms with Gasteiger partial charge in [-0.25, -0.2) is 14.0 Å². The van der Waals surface area contributed by atoms with Crippen LogP contribution in [0.25, 0.3) is 11.1 Å². The smallest absolute Gasteiger partial charge is 0.166 e. The van der Waals surface area contributed by atoms with Crippen molar-refractivity contribution < 1.29 is 13.7 Å². The van der Waals surface area contributed by atoms with E-state index in [2.05, 4.69) is 11.1 Å². The van der Waals surface area contributed by atoms with Gasteiger partial charge in [0, 0.05) is 28.5 Å². The number of aromatic nitrogens is 1. The van der Waals surface area contributed by atoms with Gasteiger partial charge in [-0.05, 0) is 68.1 Å². The van der Waals surface area contributed by atoms with Gasteiger partial charge in [0.15, 0.2) is 11.6 Å². The SMILES string of the molecule is Cc1ccc2c(c1)[C@@H](C)Oc1cc(cnc1N)-c1cc(S(C)(=N)=O)ccc1CCCO2. The maximum atomic E-state index is 12.4. The molecule has 0 fully saturated rings. The number of fused-ring (bicyclic) bond motifs is 5. The van der Waals surface area contributed by atoms with Crippen LogP contribution in [0.4, 0.5) is 5.82 Å². The molecule has 6 nitrogen and oxygen atoms in total. The summed E-state index contributed by atoms with van der Waals surface area (Å²) in [4.78, 5) is 4.84. The van der Waals surface area contributed by atoms with Gasteiger partial charge in [-0.15, -0.1) is 0 Å². The monoisotopic (exact) mass is 437 g/mol. The van der Waals surface area contributed by atoms with E-state index in [0.717, 1.165) is 46.4 Å². The van der Waals surface area contributed by atoms with Crippen molar-refractivity contribution in [3.63, 3.8) is 0 Å². The van der Waals surface area contributed by atoms with Crippen LogP contribution in [-0.2, 0) is 16.1 Å². The van der Waals surface area contributed by atoms with E-state index in [9.17, 15) is 4.21 Å². The van der Waals surface area contributed by atoms with Gasteiger partial charge >= 0.3 is 0 Å². The maximum absolute atomic E-state index is 12.4. The Balaban J connectivity index is 1.85. The molecular weight excluding hydrogens is 410 g/mol. The molecule has 2 atom stereocenters. The Morgan fingerprint density at radius 3 is 2.74 bits per heavy atom. The van der Waals surface area contributed by atoms with Crippen LogP contribution >= 0.6 is 0 Å². The van der Waals surface area contributed by atoms with E-state index in [-0.39, 0.29) is 6.10 Å². The summed E-state index contributed by atoms with van der Waals surface area (Å²) in [5.74, 6) is 1.59. The zero-order valence-corrected chi connectivity index (χ0v) is 18.8. The van der Waals surface area contributed by atoms with E-state index in [1.54, 1.807) is 12.3 Å². The van der Waals surface area contributed by atoms with Crippen LogP contribution in [0.2, 0.25) is 0 Å². The van der Waals surface area contributed by atoms with Crippen molar-refractivity contribution in [3.8, 4) is 22.6 Å².